The number of fused-ring (bicyclic) bond motifs is 1. The van der Waals surface area contributed by atoms with E-state index in [1.54, 1.807) is 0 Å². The molecule has 0 aromatic carbocycles. The summed E-state index contributed by atoms with van der Waals surface area (Å²) < 4.78 is 40.8. The summed E-state index contributed by atoms with van der Waals surface area (Å²) in [6.45, 7) is 4.72. The number of alkyl halides is 3. The molecule has 0 saturated heterocycles. The van der Waals surface area contributed by atoms with Crippen LogP contribution in [-0.4, -0.2) is 42.2 Å². The Hall–Kier alpha value is -3.32. The second-order valence-corrected chi connectivity index (χ2v) is 10.2. The number of pyridine rings is 1. The quantitative estimate of drug-likeness (QED) is 0.124. The fourth-order valence-electron chi connectivity index (χ4n) is 3.83. The van der Waals surface area contributed by atoms with Gasteiger partial charge in [-0.2, -0.15) is 13.2 Å². The minimum atomic E-state index is -4.36. The van der Waals surface area contributed by atoms with Crippen LogP contribution in [0.1, 0.15) is 73.5 Å². The summed E-state index contributed by atoms with van der Waals surface area (Å²) in [5.74, 6) is -0.594. The number of aryl methyl sites for hydroxylation is 1. The number of thiazole rings is 1. The van der Waals surface area contributed by atoms with Gasteiger partial charge in [0.05, 0.1) is 17.3 Å². The summed E-state index contributed by atoms with van der Waals surface area (Å²) in [6, 6.07) is 1.41. The molecule has 0 aliphatic carbocycles. The van der Waals surface area contributed by atoms with E-state index >= 15 is 0 Å². The summed E-state index contributed by atoms with van der Waals surface area (Å²) in [6.07, 6.45) is 9.11. The number of carbonyl (C=O) groups is 1. The maximum Gasteiger partial charge on any atom is 0.418 e. The number of aromatic amines is 1. The number of unbranched alkanes of at least 4 members (excludes halogenated alkanes) is 6. The lowest BCUT2D eigenvalue weighted by Crippen LogP contribution is -2.15. The number of H-pyrrole nitrogens is 1. The first-order valence-corrected chi connectivity index (χ1v) is 13.9. The lowest BCUT2D eigenvalue weighted by Gasteiger charge is -2.09. The van der Waals surface area contributed by atoms with Gasteiger partial charge in [0.1, 0.15) is 10.2 Å². The number of rotatable bonds is 11. The van der Waals surface area contributed by atoms with Gasteiger partial charge < -0.3 is 15.5 Å². The van der Waals surface area contributed by atoms with E-state index < -0.39 is 17.7 Å². The first-order valence-electron chi connectivity index (χ1n) is 12.6. The van der Waals surface area contributed by atoms with Crippen molar-refractivity contribution < 1.29 is 23.1 Å². The molecule has 13 heteroatoms. The Balaban J connectivity index is 0.000000230. The molecule has 210 valence electrons. The fourth-order valence-corrected chi connectivity index (χ4v) is 4.81. The van der Waals surface area contributed by atoms with E-state index in [4.69, 9.17) is 17.3 Å². The van der Waals surface area contributed by atoms with Gasteiger partial charge in [0.2, 0.25) is 0 Å². The van der Waals surface area contributed by atoms with Gasteiger partial charge in [-0.15, -0.1) is 11.3 Å². The van der Waals surface area contributed by atoms with Gasteiger partial charge in [-0.1, -0.05) is 57.7 Å². The lowest BCUT2D eigenvalue weighted by molar-refractivity contribution is -0.136. The minimum absolute atomic E-state index is 0.00738. The number of hydrogen-bond donors (Lipinski definition) is 3. The third kappa shape index (κ3) is 8.59. The van der Waals surface area contributed by atoms with Crippen molar-refractivity contribution in [3.8, 4) is 10.8 Å². The molecule has 0 spiro atoms. The van der Waals surface area contributed by atoms with Crippen molar-refractivity contribution in [2.24, 2.45) is 0 Å². The Morgan fingerprint density at radius 2 is 1.90 bits per heavy atom. The van der Waals surface area contributed by atoms with E-state index in [0.717, 1.165) is 24.7 Å². The molecule has 0 amide bonds. The molecule has 0 unspecified atom stereocenters. The highest BCUT2D eigenvalue weighted by atomic mass is 32.1. The Bertz CT molecular complexity index is 1430. The van der Waals surface area contributed by atoms with Gasteiger partial charge >= 0.3 is 12.1 Å². The molecule has 4 aromatic heterocycles. The van der Waals surface area contributed by atoms with E-state index in [1.807, 2.05) is 12.3 Å². The summed E-state index contributed by atoms with van der Waals surface area (Å²) in [5.41, 5.74) is 3.78. The van der Waals surface area contributed by atoms with Crippen molar-refractivity contribution in [2.45, 2.75) is 65.0 Å². The van der Waals surface area contributed by atoms with Gasteiger partial charge in [0.15, 0.2) is 10.8 Å². The highest BCUT2D eigenvalue weighted by molar-refractivity contribution is 7.71. The zero-order chi connectivity index (χ0) is 28.4. The van der Waals surface area contributed by atoms with E-state index in [2.05, 4.69) is 32.3 Å². The highest BCUT2D eigenvalue weighted by Crippen LogP contribution is 2.35. The number of hydrogen-bond acceptors (Lipinski definition) is 7. The first kappa shape index (κ1) is 30.2. The molecular weight excluding hydrogens is 549 g/mol. The monoisotopic (exact) mass is 580 g/mol. The number of nitrogens with one attached hydrogen (secondary N) is 2. The molecule has 0 fully saturated rings. The van der Waals surface area contributed by atoms with Crippen molar-refractivity contribution in [3.05, 3.63) is 57.7 Å². The molecule has 0 aliphatic rings. The molecule has 4 aromatic rings. The van der Waals surface area contributed by atoms with Gasteiger partial charge in [0.25, 0.3) is 0 Å². The third-order valence-corrected chi connectivity index (χ3v) is 7.12. The van der Waals surface area contributed by atoms with Crippen LogP contribution < -0.4 is 5.43 Å². The normalized spacial score (nSPS) is 11.3. The first-order chi connectivity index (χ1) is 18.6. The summed E-state index contributed by atoms with van der Waals surface area (Å²) >= 11 is 6.35. The highest BCUT2D eigenvalue weighted by Gasteiger charge is 2.34. The summed E-state index contributed by atoms with van der Waals surface area (Å²) in [4.78, 5) is 25.6. The Morgan fingerprint density at radius 3 is 2.51 bits per heavy atom. The van der Waals surface area contributed by atoms with Crippen LogP contribution in [0.15, 0.2) is 36.2 Å². The molecule has 0 saturated carbocycles. The molecule has 0 atom stereocenters. The molecule has 4 rings (SSSR count). The van der Waals surface area contributed by atoms with E-state index in [-0.39, 0.29) is 15.6 Å². The Morgan fingerprint density at radius 1 is 1.18 bits per heavy atom. The summed E-state index contributed by atoms with van der Waals surface area (Å²) in [5, 5.41) is 11.6. The van der Waals surface area contributed by atoms with Crippen molar-refractivity contribution in [1.29, 1.82) is 0 Å². The van der Waals surface area contributed by atoms with Gasteiger partial charge in [-0.25, -0.2) is 14.8 Å². The van der Waals surface area contributed by atoms with Crippen LogP contribution in [0.25, 0.3) is 21.7 Å². The summed E-state index contributed by atoms with van der Waals surface area (Å²) in [7, 11) is 0. The molecule has 0 radical (unpaired) electrons. The molecular formula is C26H31F3N6O2S2. The minimum Gasteiger partial charge on any atom is -0.478 e. The SMILES string of the molecule is CCCCCCCCCNn1cc(C(F)(F)F)c2ccncc21.Cc1csc(-c2ncc(C(=O)O)c(=S)[nH]2)n1. The van der Waals surface area contributed by atoms with Crippen LogP contribution >= 0.6 is 23.6 Å². The number of carboxylic acid groups (broad SMARTS) is 1. The topological polar surface area (TPSA) is 109 Å². The maximum absolute atomic E-state index is 13.1. The van der Waals surface area contributed by atoms with Crippen LogP contribution in [0.5, 0.6) is 0 Å². The number of aromatic carboxylic acids is 1. The Labute approximate surface area is 233 Å². The molecule has 0 aliphatic heterocycles. The molecule has 4 heterocycles. The van der Waals surface area contributed by atoms with Crippen LogP contribution in [0, 0.1) is 11.6 Å². The zero-order valence-electron chi connectivity index (χ0n) is 21.7. The van der Waals surface area contributed by atoms with Gasteiger partial charge in [-0.3, -0.25) is 9.66 Å². The zero-order valence-corrected chi connectivity index (χ0v) is 23.3. The number of nitrogens with zero attached hydrogens (tertiary/aromatic N) is 4. The van der Waals surface area contributed by atoms with E-state index in [1.165, 1.54) is 72.8 Å². The number of aromatic nitrogens is 5. The van der Waals surface area contributed by atoms with Gasteiger partial charge in [0, 0.05) is 41.6 Å². The van der Waals surface area contributed by atoms with Crippen LogP contribution in [-0.2, 0) is 6.18 Å². The Kier molecular flexibility index (Phi) is 11.0. The molecule has 0 bridgehead atoms. The standard InChI is InChI=1S/C17H24F3N3.C9H7N3O2S2/c1-2-3-4-5-6-7-8-10-22-23-13-15(17(18,19)20)14-9-11-21-12-16(14)23;1-4-3-16-8(11-4)6-10-2-5(9(13)14)7(15)12-6/h9,11-13,22H,2-8,10H2,1H3;2-3H,1H3,(H,13,14)(H,10,12,15). The van der Waals surface area contributed by atoms with Gasteiger partial charge in [-0.05, 0) is 19.4 Å². The molecule has 3 N–H and O–H groups in total. The second-order valence-electron chi connectivity index (χ2n) is 8.91. The number of halogens is 3. The van der Waals surface area contributed by atoms with Crippen molar-refractivity contribution in [3.63, 3.8) is 0 Å². The average Bonchev–Trinajstić information content (AvgIpc) is 3.50. The fraction of sp³-hybridized carbons (Fsp3) is 0.423. The van der Waals surface area contributed by atoms with E-state index in [9.17, 15) is 18.0 Å². The van der Waals surface area contributed by atoms with Crippen LogP contribution in [0.2, 0.25) is 0 Å². The molecule has 39 heavy (non-hydrogen) atoms. The van der Waals surface area contributed by atoms with Crippen LogP contribution in [0.4, 0.5) is 13.2 Å². The van der Waals surface area contributed by atoms with Crippen molar-refractivity contribution in [2.75, 3.05) is 12.0 Å². The predicted molar refractivity (Wildman–Crippen MR) is 149 cm³/mol. The number of carboxylic acids is 1. The molecule has 8 nitrogen and oxygen atoms in total. The van der Waals surface area contributed by atoms with Crippen LogP contribution in [0.3, 0.4) is 0 Å². The third-order valence-electron chi connectivity index (χ3n) is 5.83. The van der Waals surface area contributed by atoms with E-state index in [0.29, 0.717) is 22.9 Å². The lowest BCUT2D eigenvalue weighted by atomic mass is 10.1. The predicted octanol–water partition coefficient (Wildman–Crippen LogP) is 7.62. The maximum atomic E-state index is 13.1. The van der Waals surface area contributed by atoms with Crippen molar-refractivity contribution in [1.82, 2.24) is 24.6 Å². The second kappa shape index (κ2) is 14.2. The van der Waals surface area contributed by atoms with Crippen molar-refractivity contribution >= 4 is 40.4 Å². The largest absolute Gasteiger partial charge is 0.478 e. The smallest absolute Gasteiger partial charge is 0.418 e. The average molecular weight is 581 g/mol.